The van der Waals surface area contributed by atoms with Crippen LogP contribution in [0.4, 0.5) is 4.39 Å². The Kier molecular flexibility index (Phi) is 3.96. The number of nitrogens with zero attached hydrogens (tertiary/aromatic N) is 1. The molecule has 8 heteroatoms. The number of benzene rings is 1. The van der Waals surface area contributed by atoms with Gasteiger partial charge in [0.1, 0.15) is 11.6 Å². The van der Waals surface area contributed by atoms with Gasteiger partial charge in [-0.05, 0) is 25.0 Å². The smallest absolute Gasteiger partial charge is 0.256 e. The van der Waals surface area contributed by atoms with E-state index >= 15 is 0 Å². The zero-order chi connectivity index (χ0) is 14.9. The van der Waals surface area contributed by atoms with Crippen molar-refractivity contribution in [2.75, 3.05) is 13.1 Å². The Labute approximate surface area is 116 Å². The zero-order valence-corrected chi connectivity index (χ0v) is 11.4. The molecule has 0 bridgehead atoms. The number of aromatic hydroxyl groups is 1. The van der Waals surface area contributed by atoms with E-state index in [2.05, 4.69) is 0 Å². The van der Waals surface area contributed by atoms with Crippen molar-refractivity contribution in [1.29, 1.82) is 0 Å². The number of carbonyl (C=O) groups excluding carboxylic acids is 1. The molecular formula is C12H15FN2O4S. The Morgan fingerprint density at radius 1 is 1.45 bits per heavy atom. The average molecular weight is 302 g/mol. The van der Waals surface area contributed by atoms with Crippen LogP contribution >= 0.6 is 0 Å². The summed E-state index contributed by atoms with van der Waals surface area (Å²) in [5, 5.41) is 13.4. The van der Waals surface area contributed by atoms with Gasteiger partial charge >= 0.3 is 0 Å². The molecule has 2 rings (SSSR count). The molecule has 0 aliphatic carbocycles. The van der Waals surface area contributed by atoms with E-state index in [9.17, 15) is 17.6 Å². The molecule has 20 heavy (non-hydrogen) atoms. The lowest BCUT2D eigenvalue weighted by Gasteiger charge is -2.31. The third kappa shape index (κ3) is 3.07. The second-order valence-electron chi connectivity index (χ2n) is 4.77. The summed E-state index contributed by atoms with van der Waals surface area (Å²) in [4.78, 5) is 13.4. The summed E-state index contributed by atoms with van der Waals surface area (Å²) in [7, 11) is -3.72. The number of nitrogens with two attached hydrogens (primary N) is 1. The highest BCUT2D eigenvalue weighted by Gasteiger charge is 2.31. The molecule has 1 aromatic rings. The highest BCUT2D eigenvalue weighted by molar-refractivity contribution is 7.89. The first-order chi connectivity index (χ1) is 9.29. The molecule has 0 spiro atoms. The SMILES string of the molecule is NS(=O)(=O)C1CCCN(C(=O)c2ccc(O)cc2F)C1. The van der Waals surface area contributed by atoms with Crippen LogP contribution in [0.5, 0.6) is 5.75 Å². The minimum absolute atomic E-state index is 0.0437. The molecule has 3 N–H and O–H groups in total. The number of phenols is 1. The Balaban J connectivity index is 2.21. The van der Waals surface area contributed by atoms with Gasteiger partial charge in [0.05, 0.1) is 10.8 Å². The van der Waals surface area contributed by atoms with Crippen molar-refractivity contribution >= 4 is 15.9 Å². The van der Waals surface area contributed by atoms with Crippen LogP contribution in [0.15, 0.2) is 18.2 Å². The van der Waals surface area contributed by atoms with Crippen molar-refractivity contribution in [3.63, 3.8) is 0 Å². The Morgan fingerprint density at radius 2 is 2.15 bits per heavy atom. The number of carbonyl (C=O) groups is 1. The van der Waals surface area contributed by atoms with Crippen molar-refractivity contribution in [1.82, 2.24) is 4.90 Å². The molecule has 1 aliphatic rings. The molecule has 1 aromatic carbocycles. The number of likely N-dealkylation sites (tertiary alicyclic amines) is 1. The number of rotatable bonds is 2. The van der Waals surface area contributed by atoms with Crippen molar-refractivity contribution in [2.45, 2.75) is 18.1 Å². The van der Waals surface area contributed by atoms with E-state index in [1.54, 1.807) is 0 Å². The maximum Gasteiger partial charge on any atom is 0.256 e. The van der Waals surface area contributed by atoms with E-state index in [0.29, 0.717) is 19.4 Å². The summed E-state index contributed by atoms with van der Waals surface area (Å²) in [6.07, 6.45) is 0.882. The number of primary sulfonamides is 1. The van der Waals surface area contributed by atoms with Crippen LogP contribution in [-0.2, 0) is 10.0 Å². The van der Waals surface area contributed by atoms with Gasteiger partial charge in [0, 0.05) is 19.2 Å². The average Bonchev–Trinajstić information content (AvgIpc) is 2.37. The predicted molar refractivity (Wildman–Crippen MR) is 70.1 cm³/mol. The lowest BCUT2D eigenvalue weighted by molar-refractivity contribution is 0.0722. The van der Waals surface area contributed by atoms with Gasteiger partial charge in [-0.2, -0.15) is 0 Å². The first-order valence-electron chi connectivity index (χ1n) is 6.08. The quantitative estimate of drug-likeness (QED) is 0.827. The van der Waals surface area contributed by atoms with Gasteiger partial charge in [-0.1, -0.05) is 0 Å². The monoisotopic (exact) mass is 302 g/mol. The molecule has 1 atom stereocenters. The van der Waals surface area contributed by atoms with Crippen LogP contribution in [0.25, 0.3) is 0 Å². The third-order valence-electron chi connectivity index (χ3n) is 3.31. The van der Waals surface area contributed by atoms with Gasteiger partial charge in [-0.25, -0.2) is 17.9 Å². The van der Waals surface area contributed by atoms with Gasteiger partial charge in [-0.3, -0.25) is 4.79 Å². The van der Waals surface area contributed by atoms with E-state index in [1.165, 1.54) is 17.0 Å². The number of hydrogen-bond donors (Lipinski definition) is 2. The molecule has 0 radical (unpaired) electrons. The summed E-state index contributed by atoms with van der Waals surface area (Å²) in [6, 6.07) is 3.22. The molecular weight excluding hydrogens is 287 g/mol. The van der Waals surface area contributed by atoms with Crippen LogP contribution in [-0.4, -0.2) is 42.7 Å². The van der Waals surface area contributed by atoms with Crippen LogP contribution in [0.3, 0.4) is 0 Å². The molecule has 1 heterocycles. The van der Waals surface area contributed by atoms with Crippen LogP contribution in [0.2, 0.25) is 0 Å². The Bertz CT molecular complexity index is 632. The van der Waals surface area contributed by atoms with E-state index in [0.717, 1.165) is 6.07 Å². The number of piperidine rings is 1. The lowest BCUT2D eigenvalue weighted by Crippen LogP contribution is -2.47. The Morgan fingerprint density at radius 3 is 2.75 bits per heavy atom. The van der Waals surface area contributed by atoms with Crippen molar-refractivity contribution in [3.05, 3.63) is 29.6 Å². The first-order valence-corrected chi connectivity index (χ1v) is 7.69. The summed E-state index contributed by atoms with van der Waals surface area (Å²) < 4.78 is 36.3. The van der Waals surface area contributed by atoms with Crippen molar-refractivity contribution in [3.8, 4) is 5.75 Å². The van der Waals surface area contributed by atoms with Crippen molar-refractivity contribution < 1.29 is 22.7 Å². The maximum absolute atomic E-state index is 13.6. The molecule has 6 nitrogen and oxygen atoms in total. The maximum atomic E-state index is 13.6. The van der Waals surface area contributed by atoms with Crippen molar-refractivity contribution in [2.24, 2.45) is 5.14 Å². The normalized spacial score (nSPS) is 19.9. The fourth-order valence-electron chi connectivity index (χ4n) is 2.24. The van der Waals surface area contributed by atoms with Gasteiger partial charge in [0.25, 0.3) is 5.91 Å². The topological polar surface area (TPSA) is 101 Å². The molecule has 1 unspecified atom stereocenters. The molecule has 1 amide bonds. The van der Waals surface area contributed by atoms with Gasteiger partial charge in [0.15, 0.2) is 0 Å². The van der Waals surface area contributed by atoms with Crippen LogP contribution in [0.1, 0.15) is 23.2 Å². The number of hydrogen-bond acceptors (Lipinski definition) is 4. The number of amides is 1. The van der Waals surface area contributed by atoms with Crippen LogP contribution < -0.4 is 5.14 Å². The van der Waals surface area contributed by atoms with E-state index in [4.69, 9.17) is 10.2 Å². The van der Waals surface area contributed by atoms with Gasteiger partial charge in [0.2, 0.25) is 10.0 Å². The molecule has 1 saturated heterocycles. The van der Waals surface area contributed by atoms with E-state index in [-0.39, 0.29) is 17.9 Å². The lowest BCUT2D eigenvalue weighted by atomic mass is 10.1. The molecule has 0 saturated carbocycles. The minimum Gasteiger partial charge on any atom is -0.508 e. The molecule has 110 valence electrons. The van der Waals surface area contributed by atoms with Gasteiger partial charge < -0.3 is 10.0 Å². The highest BCUT2D eigenvalue weighted by atomic mass is 32.2. The van der Waals surface area contributed by atoms with Crippen LogP contribution in [0, 0.1) is 5.82 Å². The summed E-state index contributed by atoms with van der Waals surface area (Å²) in [6.45, 7) is 0.309. The van der Waals surface area contributed by atoms with Gasteiger partial charge in [-0.15, -0.1) is 0 Å². The minimum atomic E-state index is -3.72. The third-order valence-corrected chi connectivity index (χ3v) is 4.63. The van der Waals surface area contributed by atoms with E-state index < -0.39 is 27.0 Å². The first kappa shape index (κ1) is 14.7. The number of sulfonamides is 1. The number of halogens is 1. The fourth-order valence-corrected chi connectivity index (χ4v) is 3.12. The fraction of sp³-hybridized carbons (Fsp3) is 0.417. The summed E-state index contributed by atoms with van der Waals surface area (Å²) in [5.41, 5.74) is -0.196. The highest BCUT2D eigenvalue weighted by Crippen LogP contribution is 2.21. The standard InChI is InChI=1S/C12H15FN2O4S/c13-11-6-8(16)3-4-10(11)12(17)15-5-1-2-9(7-15)20(14,18)19/h3-4,6,9,16H,1-2,5,7H2,(H2,14,18,19). The predicted octanol–water partition coefficient (Wildman–Crippen LogP) is 0.424. The summed E-state index contributed by atoms with van der Waals surface area (Å²) >= 11 is 0. The number of phenolic OH excluding ortho intramolecular Hbond substituents is 1. The molecule has 1 fully saturated rings. The summed E-state index contributed by atoms with van der Waals surface area (Å²) in [5.74, 6) is -1.72. The second-order valence-corrected chi connectivity index (χ2v) is 6.61. The molecule has 1 aliphatic heterocycles. The Hall–Kier alpha value is -1.67. The largest absolute Gasteiger partial charge is 0.508 e. The second kappa shape index (κ2) is 5.37. The van der Waals surface area contributed by atoms with E-state index in [1.807, 2.05) is 0 Å². The molecule has 0 aromatic heterocycles. The zero-order valence-electron chi connectivity index (χ0n) is 10.6.